The Morgan fingerprint density at radius 1 is 1.04 bits per heavy atom. The Hall–Kier alpha value is -2.74. The van der Waals surface area contributed by atoms with Crippen LogP contribution < -0.4 is 19.5 Å². The zero-order valence-corrected chi connectivity index (χ0v) is 15.1. The molecule has 1 aliphatic rings. The summed E-state index contributed by atoms with van der Waals surface area (Å²) >= 11 is 0. The minimum absolute atomic E-state index is 0.0738. The van der Waals surface area contributed by atoms with E-state index in [2.05, 4.69) is 10.0 Å². The Balaban J connectivity index is 1.82. The zero-order chi connectivity index (χ0) is 18.6. The average Bonchev–Trinajstić information content (AvgIpc) is 2.86. The van der Waals surface area contributed by atoms with E-state index in [1.165, 1.54) is 12.1 Å². The number of sulfonamides is 1. The predicted molar refractivity (Wildman–Crippen MR) is 98.2 cm³/mol. The quantitative estimate of drug-likeness (QED) is 0.837. The van der Waals surface area contributed by atoms with Crippen molar-refractivity contribution in [3.05, 3.63) is 42.5 Å². The highest BCUT2D eigenvalue weighted by atomic mass is 32.2. The fourth-order valence-corrected chi connectivity index (χ4v) is 3.50. The maximum Gasteiger partial charge on any atom is 0.262 e. The van der Waals surface area contributed by atoms with Crippen LogP contribution in [0.4, 0.5) is 11.4 Å². The maximum atomic E-state index is 12.7. The first-order valence-corrected chi connectivity index (χ1v) is 9.78. The van der Waals surface area contributed by atoms with Crippen molar-refractivity contribution in [1.29, 1.82) is 0 Å². The van der Waals surface area contributed by atoms with Gasteiger partial charge in [0, 0.05) is 24.6 Å². The molecule has 0 aromatic heterocycles. The Morgan fingerprint density at radius 3 is 2.54 bits per heavy atom. The fraction of sp³-hybridized carbons (Fsp3) is 0.278. The normalized spacial score (nSPS) is 13.6. The molecule has 3 rings (SSSR count). The van der Waals surface area contributed by atoms with E-state index in [0.29, 0.717) is 42.5 Å². The van der Waals surface area contributed by atoms with E-state index in [0.717, 1.165) is 6.42 Å². The predicted octanol–water partition coefficient (Wildman–Crippen LogP) is 3.00. The largest absolute Gasteiger partial charge is 0.490 e. The van der Waals surface area contributed by atoms with E-state index in [-0.39, 0.29) is 10.8 Å². The number of nitrogens with one attached hydrogen (secondary N) is 2. The molecule has 1 aliphatic heterocycles. The van der Waals surface area contributed by atoms with E-state index in [1.807, 2.05) is 0 Å². The summed E-state index contributed by atoms with van der Waals surface area (Å²) in [4.78, 5) is 11.6. The molecule has 2 aromatic rings. The van der Waals surface area contributed by atoms with E-state index in [1.54, 1.807) is 37.3 Å². The smallest absolute Gasteiger partial charge is 0.262 e. The number of rotatable bonds is 5. The second-order valence-electron chi connectivity index (χ2n) is 5.75. The van der Waals surface area contributed by atoms with Gasteiger partial charge in [0.15, 0.2) is 11.5 Å². The minimum atomic E-state index is -3.81. The SMILES string of the molecule is CCC(=O)Nc1cccc(NS(=O)(=O)c2ccc3c(c2)OCCCO3)c1. The van der Waals surface area contributed by atoms with Gasteiger partial charge in [-0.05, 0) is 30.3 Å². The van der Waals surface area contributed by atoms with Crippen LogP contribution in [0.5, 0.6) is 11.5 Å². The lowest BCUT2D eigenvalue weighted by Gasteiger charge is -2.12. The summed E-state index contributed by atoms with van der Waals surface area (Å²) in [6.45, 7) is 2.75. The van der Waals surface area contributed by atoms with Gasteiger partial charge in [0.25, 0.3) is 10.0 Å². The van der Waals surface area contributed by atoms with Crippen molar-refractivity contribution in [2.24, 2.45) is 0 Å². The van der Waals surface area contributed by atoms with Gasteiger partial charge in [-0.2, -0.15) is 0 Å². The molecule has 2 N–H and O–H groups in total. The number of benzene rings is 2. The first-order chi connectivity index (χ1) is 12.5. The molecule has 138 valence electrons. The van der Waals surface area contributed by atoms with Crippen LogP contribution in [0.1, 0.15) is 19.8 Å². The molecular formula is C18H20N2O5S. The molecule has 0 aliphatic carbocycles. The minimum Gasteiger partial charge on any atom is -0.490 e. The van der Waals surface area contributed by atoms with E-state index in [9.17, 15) is 13.2 Å². The molecule has 8 heteroatoms. The molecule has 0 fully saturated rings. The summed E-state index contributed by atoms with van der Waals surface area (Å²) in [5.41, 5.74) is 0.877. The number of hydrogen-bond donors (Lipinski definition) is 2. The third-order valence-electron chi connectivity index (χ3n) is 3.75. The number of carbonyl (C=O) groups is 1. The summed E-state index contributed by atoms with van der Waals surface area (Å²) in [6.07, 6.45) is 1.08. The van der Waals surface area contributed by atoms with Gasteiger partial charge >= 0.3 is 0 Å². The van der Waals surface area contributed by atoms with Gasteiger partial charge in [0.1, 0.15) is 0 Å². The Morgan fingerprint density at radius 2 is 1.77 bits per heavy atom. The van der Waals surface area contributed by atoms with Gasteiger partial charge in [-0.1, -0.05) is 13.0 Å². The summed E-state index contributed by atoms with van der Waals surface area (Å²) in [5, 5.41) is 2.70. The highest BCUT2D eigenvalue weighted by molar-refractivity contribution is 7.92. The summed E-state index contributed by atoms with van der Waals surface area (Å²) in [5.74, 6) is 0.799. The highest BCUT2D eigenvalue weighted by Crippen LogP contribution is 2.32. The van der Waals surface area contributed by atoms with Gasteiger partial charge in [-0.3, -0.25) is 9.52 Å². The summed E-state index contributed by atoms with van der Waals surface area (Å²) in [7, 11) is -3.81. The van der Waals surface area contributed by atoms with Crippen molar-refractivity contribution in [2.45, 2.75) is 24.7 Å². The maximum absolute atomic E-state index is 12.7. The molecular weight excluding hydrogens is 356 g/mol. The van der Waals surface area contributed by atoms with Crippen LogP contribution in [0.15, 0.2) is 47.4 Å². The molecule has 0 radical (unpaired) electrons. The van der Waals surface area contributed by atoms with E-state index < -0.39 is 10.0 Å². The Kier molecular flexibility index (Phi) is 5.32. The van der Waals surface area contributed by atoms with Gasteiger partial charge in [0.2, 0.25) is 5.91 Å². The van der Waals surface area contributed by atoms with Crippen LogP contribution in [-0.2, 0) is 14.8 Å². The molecule has 1 amide bonds. The van der Waals surface area contributed by atoms with Gasteiger partial charge in [0.05, 0.1) is 23.8 Å². The van der Waals surface area contributed by atoms with Crippen LogP contribution in [0.2, 0.25) is 0 Å². The average molecular weight is 376 g/mol. The van der Waals surface area contributed by atoms with Crippen molar-refractivity contribution in [1.82, 2.24) is 0 Å². The summed E-state index contributed by atoms with van der Waals surface area (Å²) in [6, 6.07) is 11.0. The van der Waals surface area contributed by atoms with Crippen molar-refractivity contribution in [3.63, 3.8) is 0 Å². The Bertz CT molecular complexity index is 912. The van der Waals surface area contributed by atoms with Crippen LogP contribution in [0.25, 0.3) is 0 Å². The van der Waals surface area contributed by atoms with Crippen LogP contribution in [-0.4, -0.2) is 27.5 Å². The summed E-state index contributed by atoms with van der Waals surface area (Å²) < 4.78 is 38.9. The number of anilines is 2. The fourth-order valence-electron chi connectivity index (χ4n) is 2.43. The lowest BCUT2D eigenvalue weighted by molar-refractivity contribution is -0.115. The molecule has 0 saturated carbocycles. The third-order valence-corrected chi connectivity index (χ3v) is 5.13. The van der Waals surface area contributed by atoms with E-state index >= 15 is 0 Å². The number of amides is 1. The van der Waals surface area contributed by atoms with E-state index in [4.69, 9.17) is 9.47 Å². The van der Waals surface area contributed by atoms with Gasteiger partial charge < -0.3 is 14.8 Å². The van der Waals surface area contributed by atoms with Crippen LogP contribution in [0, 0.1) is 0 Å². The molecule has 0 unspecified atom stereocenters. The lowest BCUT2D eigenvalue weighted by Crippen LogP contribution is -2.14. The monoisotopic (exact) mass is 376 g/mol. The van der Waals surface area contributed by atoms with Crippen LogP contribution >= 0.6 is 0 Å². The molecule has 26 heavy (non-hydrogen) atoms. The molecule has 1 heterocycles. The number of ether oxygens (including phenoxy) is 2. The van der Waals surface area contributed by atoms with Gasteiger partial charge in [-0.15, -0.1) is 0 Å². The first-order valence-electron chi connectivity index (χ1n) is 8.30. The van der Waals surface area contributed by atoms with Crippen molar-refractivity contribution in [3.8, 4) is 11.5 Å². The van der Waals surface area contributed by atoms with Crippen molar-refractivity contribution >= 4 is 27.3 Å². The molecule has 0 saturated heterocycles. The molecule has 0 bridgehead atoms. The van der Waals surface area contributed by atoms with Gasteiger partial charge in [-0.25, -0.2) is 8.42 Å². The number of fused-ring (bicyclic) bond motifs is 1. The first kappa shape index (κ1) is 18.1. The molecule has 0 spiro atoms. The second-order valence-corrected chi connectivity index (χ2v) is 7.43. The lowest BCUT2D eigenvalue weighted by atomic mass is 10.3. The van der Waals surface area contributed by atoms with Crippen molar-refractivity contribution in [2.75, 3.05) is 23.3 Å². The third kappa shape index (κ3) is 4.26. The number of hydrogen-bond acceptors (Lipinski definition) is 5. The topological polar surface area (TPSA) is 93.7 Å². The van der Waals surface area contributed by atoms with Crippen LogP contribution in [0.3, 0.4) is 0 Å². The molecule has 2 aromatic carbocycles. The molecule has 7 nitrogen and oxygen atoms in total. The van der Waals surface area contributed by atoms with Crippen molar-refractivity contribution < 1.29 is 22.7 Å². The Labute approximate surface area is 152 Å². The molecule has 0 atom stereocenters. The number of carbonyl (C=O) groups excluding carboxylic acids is 1. The highest BCUT2D eigenvalue weighted by Gasteiger charge is 2.19. The zero-order valence-electron chi connectivity index (χ0n) is 14.3. The second kappa shape index (κ2) is 7.65. The standard InChI is InChI=1S/C18H20N2O5S/c1-2-18(21)19-13-5-3-6-14(11-13)20-26(22,23)15-7-8-16-17(12-15)25-10-4-9-24-16/h3,5-8,11-12,20H,2,4,9-10H2,1H3,(H,19,21).